The van der Waals surface area contributed by atoms with Gasteiger partial charge in [0.2, 0.25) is 0 Å². The molecule has 0 fully saturated rings. The van der Waals surface area contributed by atoms with Gasteiger partial charge in [0.1, 0.15) is 23.3 Å². The quantitative estimate of drug-likeness (QED) is 0.821. The van der Waals surface area contributed by atoms with Crippen LogP contribution in [-0.4, -0.2) is 9.97 Å². The molecule has 94 valence electrons. The highest BCUT2D eigenvalue weighted by molar-refractivity contribution is 9.10. The Morgan fingerprint density at radius 3 is 2.50 bits per heavy atom. The molecule has 0 aliphatic carbocycles. The third kappa shape index (κ3) is 2.08. The van der Waals surface area contributed by atoms with Gasteiger partial charge in [0, 0.05) is 5.56 Å². The maximum Gasteiger partial charge on any atom is 0.149 e. The van der Waals surface area contributed by atoms with Crippen LogP contribution < -0.4 is 5.73 Å². The lowest BCUT2D eigenvalue weighted by molar-refractivity contribution is 0.584. The smallest absolute Gasteiger partial charge is 0.149 e. The zero-order valence-electron chi connectivity index (χ0n) is 9.76. The summed E-state index contributed by atoms with van der Waals surface area (Å²) in [4.78, 5) is 8.03. The van der Waals surface area contributed by atoms with Gasteiger partial charge in [-0.05, 0) is 41.9 Å². The van der Waals surface area contributed by atoms with Crippen LogP contribution in [0.3, 0.4) is 0 Å². The topological polar surface area (TPSA) is 51.8 Å². The Labute approximate surface area is 111 Å². The Morgan fingerprint density at radius 2 is 1.83 bits per heavy atom. The lowest BCUT2D eigenvalue weighted by Crippen LogP contribution is -2.04. The molecule has 0 aliphatic rings. The van der Waals surface area contributed by atoms with E-state index in [0.717, 1.165) is 0 Å². The summed E-state index contributed by atoms with van der Waals surface area (Å²) in [5.41, 5.74) is 6.13. The standard InChI is InChI=1S/C12H10BrF2N3/c1-5-11(17-6(2)18-12(5)16)9-8(14)4-3-7(13)10(9)15/h3-4H,1-2H3,(H2,16,17,18). The van der Waals surface area contributed by atoms with E-state index in [0.29, 0.717) is 11.4 Å². The van der Waals surface area contributed by atoms with Gasteiger partial charge in [-0.3, -0.25) is 0 Å². The first-order valence-electron chi connectivity index (χ1n) is 5.16. The van der Waals surface area contributed by atoms with E-state index < -0.39 is 11.6 Å². The summed E-state index contributed by atoms with van der Waals surface area (Å²) >= 11 is 3.02. The van der Waals surface area contributed by atoms with E-state index in [1.165, 1.54) is 12.1 Å². The molecule has 1 aromatic carbocycles. The van der Waals surface area contributed by atoms with Crippen molar-refractivity contribution in [1.82, 2.24) is 9.97 Å². The van der Waals surface area contributed by atoms with Crippen molar-refractivity contribution in [3.05, 3.63) is 39.6 Å². The molecular weight excluding hydrogens is 304 g/mol. The van der Waals surface area contributed by atoms with Gasteiger partial charge in [0.05, 0.1) is 15.7 Å². The number of aromatic nitrogens is 2. The maximum atomic E-state index is 14.0. The molecule has 0 radical (unpaired) electrons. The molecule has 0 aliphatic heterocycles. The highest BCUT2D eigenvalue weighted by Crippen LogP contribution is 2.32. The van der Waals surface area contributed by atoms with Crippen molar-refractivity contribution in [1.29, 1.82) is 0 Å². The second kappa shape index (κ2) is 4.61. The van der Waals surface area contributed by atoms with Crippen LogP contribution in [0.4, 0.5) is 14.6 Å². The lowest BCUT2D eigenvalue weighted by Gasteiger charge is -2.11. The Kier molecular flexibility index (Phi) is 3.30. The van der Waals surface area contributed by atoms with Crippen LogP contribution >= 0.6 is 15.9 Å². The molecule has 2 rings (SSSR count). The molecule has 0 spiro atoms. The molecule has 3 nitrogen and oxygen atoms in total. The SMILES string of the molecule is Cc1nc(N)c(C)c(-c2c(F)ccc(Br)c2F)n1. The van der Waals surface area contributed by atoms with Crippen LogP contribution in [0.25, 0.3) is 11.3 Å². The van der Waals surface area contributed by atoms with Crippen LogP contribution in [0.5, 0.6) is 0 Å². The minimum Gasteiger partial charge on any atom is -0.383 e. The number of nitrogens with two attached hydrogens (primary N) is 1. The van der Waals surface area contributed by atoms with Gasteiger partial charge in [-0.25, -0.2) is 18.7 Å². The van der Waals surface area contributed by atoms with Crippen LogP contribution in [-0.2, 0) is 0 Å². The summed E-state index contributed by atoms with van der Waals surface area (Å²) in [7, 11) is 0. The number of hydrogen-bond acceptors (Lipinski definition) is 3. The highest BCUT2D eigenvalue weighted by atomic mass is 79.9. The number of anilines is 1. The van der Waals surface area contributed by atoms with Gasteiger partial charge in [-0.15, -0.1) is 0 Å². The van der Waals surface area contributed by atoms with E-state index in [2.05, 4.69) is 25.9 Å². The second-order valence-electron chi connectivity index (χ2n) is 3.85. The average molecular weight is 314 g/mol. The molecule has 2 aromatic rings. The van der Waals surface area contributed by atoms with E-state index in [9.17, 15) is 8.78 Å². The lowest BCUT2D eigenvalue weighted by atomic mass is 10.1. The zero-order valence-corrected chi connectivity index (χ0v) is 11.3. The maximum absolute atomic E-state index is 14.0. The third-order valence-corrected chi connectivity index (χ3v) is 3.19. The predicted octanol–water partition coefficient (Wildman–Crippen LogP) is 3.38. The van der Waals surface area contributed by atoms with Crippen molar-refractivity contribution in [3.63, 3.8) is 0 Å². The monoisotopic (exact) mass is 313 g/mol. The minimum absolute atomic E-state index is 0.174. The minimum atomic E-state index is -0.699. The Balaban J connectivity index is 2.81. The molecule has 0 bridgehead atoms. The molecule has 0 saturated carbocycles. The van der Waals surface area contributed by atoms with E-state index in [1.807, 2.05) is 0 Å². The summed E-state index contributed by atoms with van der Waals surface area (Å²) in [6.45, 7) is 3.25. The molecule has 0 atom stereocenters. The third-order valence-electron chi connectivity index (χ3n) is 2.58. The first kappa shape index (κ1) is 12.9. The summed E-state index contributed by atoms with van der Waals surface area (Å²) in [6.07, 6.45) is 0. The normalized spacial score (nSPS) is 10.7. The molecule has 0 amide bonds. The fourth-order valence-corrected chi connectivity index (χ4v) is 1.97. The summed E-state index contributed by atoms with van der Waals surface area (Å²) in [5.74, 6) is -0.796. The fraction of sp³-hybridized carbons (Fsp3) is 0.167. The number of aryl methyl sites for hydroxylation is 1. The first-order chi connectivity index (χ1) is 8.41. The van der Waals surface area contributed by atoms with E-state index >= 15 is 0 Å². The van der Waals surface area contributed by atoms with Crippen LogP contribution in [0.1, 0.15) is 11.4 Å². The molecule has 0 unspecified atom stereocenters. The van der Waals surface area contributed by atoms with Crippen molar-refractivity contribution >= 4 is 21.7 Å². The molecule has 6 heteroatoms. The van der Waals surface area contributed by atoms with Gasteiger partial charge in [0.25, 0.3) is 0 Å². The Bertz CT molecular complexity index is 629. The number of rotatable bonds is 1. The van der Waals surface area contributed by atoms with Crippen molar-refractivity contribution in [2.75, 3.05) is 5.73 Å². The van der Waals surface area contributed by atoms with E-state index in [1.54, 1.807) is 13.8 Å². The molecule has 18 heavy (non-hydrogen) atoms. The number of halogens is 3. The van der Waals surface area contributed by atoms with Gasteiger partial charge < -0.3 is 5.73 Å². The van der Waals surface area contributed by atoms with Crippen molar-refractivity contribution < 1.29 is 8.78 Å². The fourth-order valence-electron chi connectivity index (χ4n) is 1.64. The molecule has 2 N–H and O–H groups in total. The van der Waals surface area contributed by atoms with Crippen LogP contribution in [0.15, 0.2) is 16.6 Å². The van der Waals surface area contributed by atoms with Crippen LogP contribution in [0.2, 0.25) is 0 Å². The number of hydrogen-bond donors (Lipinski definition) is 1. The summed E-state index contributed by atoms with van der Waals surface area (Å²) in [5, 5.41) is 0. The predicted molar refractivity (Wildman–Crippen MR) is 69.0 cm³/mol. The highest BCUT2D eigenvalue weighted by Gasteiger charge is 2.19. The zero-order chi connectivity index (χ0) is 13.4. The Morgan fingerprint density at radius 1 is 1.17 bits per heavy atom. The number of nitrogens with zero attached hydrogens (tertiary/aromatic N) is 2. The number of nitrogen functional groups attached to an aromatic ring is 1. The van der Waals surface area contributed by atoms with E-state index in [-0.39, 0.29) is 21.5 Å². The van der Waals surface area contributed by atoms with Gasteiger partial charge in [-0.1, -0.05) is 0 Å². The molecule has 0 saturated heterocycles. The van der Waals surface area contributed by atoms with Crippen molar-refractivity contribution in [3.8, 4) is 11.3 Å². The average Bonchev–Trinajstić information content (AvgIpc) is 2.30. The van der Waals surface area contributed by atoms with Crippen LogP contribution in [0, 0.1) is 25.5 Å². The largest absolute Gasteiger partial charge is 0.383 e. The van der Waals surface area contributed by atoms with Crippen molar-refractivity contribution in [2.45, 2.75) is 13.8 Å². The van der Waals surface area contributed by atoms with Gasteiger partial charge in [0.15, 0.2) is 0 Å². The molecular formula is C12H10BrF2N3. The van der Waals surface area contributed by atoms with Gasteiger partial charge in [-0.2, -0.15) is 0 Å². The van der Waals surface area contributed by atoms with E-state index in [4.69, 9.17) is 5.73 Å². The number of benzene rings is 1. The van der Waals surface area contributed by atoms with Crippen molar-refractivity contribution in [2.24, 2.45) is 0 Å². The Hall–Kier alpha value is -1.56. The second-order valence-corrected chi connectivity index (χ2v) is 4.70. The molecule has 1 heterocycles. The molecule has 1 aromatic heterocycles. The first-order valence-corrected chi connectivity index (χ1v) is 5.95. The van der Waals surface area contributed by atoms with Gasteiger partial charge >= 0.3 is 0 Å². The summed E-state index contributed by atoms with van der Waals surface area (Å²) in [6, 6.07) is 2.48. The summed E-state index contributed by atoms with van der Waals surface area (Å²) < 4.78 is 28.0.